The molecule has 3 nitrogen and oxygen atoms in total. The van der Waals surface area contributed by atoms with E-state index >= 15 is 0 Å². The summed E-state index contributed by atoms with van der Waals surface area (Å²) >= 11 is 0. The van der Waals surface area contributed by atoms with Crippen LogP contribution in [-0.2, 0) is 16.6 Å². The van der Waals surface area contributed by atoms with Crippen LogP contribution >= 0.6 is 0 Å². The summed E-state index contributed by atoms with van der Waals surface area (Å²) in [4.78, 5) is 0. The molecule has 0 amide bonds. The van der Waals surface area contributed by atoms with Crippen molar-refractivity contribution in [2.45, 2.75) is 25.2 Å². The molecule has 114 valence electrons. The first-order valence-corrected chi connectivity index (χ1v) is 7.57. The molecule has 0 aliphatic heterocycles. The second-order valence-electron chi connectivity index (χ2n) is 5.48. The van der Waals surface area contributed by atoms with Crippen molar-refractivity contribution in [3.63, 3.8) is 0 Å². The molecule has 1 aromatic carbocycles. The predicted octanol–water partition coefficient (Wildman–Crippen LogP) is 3.41. The van der Waals surface area contributed by atoms with E-state index in [9.17, 15) is 0 Å². The number of hydrogen-bond donors (Lipinski definition) is 1. The summed E-state index contributed by atoms with van der Waals surface area (Å²) in [5, 5.41) is 3.53. The standard InChI is InChI=1S/C18H25NO2/c1-3-18(15-19-10-12-20-2,13-16-9-11-21-14-16)17-7-5-4-6-8-17/h4-9,11,14,19H,3,10,12-13,15H2,1-2H3. The molecule has 0 saturated heterocycles. The third-order valence-electron chi connectivity index (χ3n) is 4.13. The summed E-state index contributed by atoms with van der Waals surface area (Å²) in [7, 11) is 1.73. The Hall–Kier alpha value is -1.58. The predicted molar refractivity (Wildman–Crippen MR) is 85.6 cm³/mol. The molecule has 2 rings (SSSR count). The number of furan rings is 1. The van der Waals surface area contributed by atoms with Crippen LogP contribution in [-0.4, -0.2) is 26.8 Å². The maximum Gasteiger partial charge on any atom is 0.0934 e. The Labute approximate surface area is 127 Å². The van der Waals surface area contributed by atoms with Crippen LogP contribution in [0.25, 0.3) is 0 Å². The van der Waals surface area contributed by atoms with E-state index in [1.54, 1.807) is 13.4 Å². The van der Waals surface area contributed by atoms with E-state index < -0.39 is 0 Å². The molecule has 0 spiro atoms. The topological polar surface area (TPSA) is 34.4 Å². The molecule has 0 saturated carbocycles. The van der Waals surface area contributed by atoms with Gasteiger partial charge in [-0.3, -0.25) is 0 Å². The number of hydrogen-bond acceptors (Lipinski definition) is 3. The van der Waals surface area contributed by atoms with Crippen molar-refractivity contribution < 1.29 is 9.15 Å². The zero-order chi connectivity index (χ0) is 15.0. The minimum atomic E-state index is 0.0822. The highest BCUT2D eigenvalue weighted by atomic mass is 16.5. The number of ether oxygens (including phenoxy) is 1. The molecule has 3 heteroatoms. The van der Waals surface area contributed by atoms with Crippen molar-refractivity contribution in [2.24, 2.45) is 0 Å². The molecule has 0 aliphatic carbocycles. The second kappa shape index (κ2) is 8.01. The van der Waals surface area contributed by atoms with Gasteiger partial charge < -0.3 is 14.5 Å². The van der Waals surface area contributed by atoms with Crippen LogP contribution in [0.3, 0.4) is 0 Å². The van der Waals surface area contributed by atoms with Gasteiger partial charge in [0.2, 0.25) is 0 Å². The SMILES string of the molecule is CCC(CNCCOC)(Cc1ccoc1)c1ccccc1. The van der Waals surface area contributed by atoms with Crippen LogP contribution in [0.2, 0.25) is 0 Å². The molecule has 0 radical (unpaired) electrons. The summed E-state index contributed by atoms with van der Waals surface area (Å²) in [6.07, 6.45) is 5.65. The van der Waals surface area contributed by atoms with E-state index in [1.807, 2.05) is 6.26 Å². The summed E-state index contributed by atoms with van der Waals surface area (Å²) in [6.45, 7) is 4.80. The van der Waals surface area contributed by atoms with Gasteiger partial charge in [0.25, 0.3) is 0 Å². The van der Waals surface area contributed by atoms with Gasteiger partial charge in [0.1, 0.15) is 0 Å². The van der Waals surface area contributed by atoms with Crippen molar-refractivity contribution in [1.82, 2.24) is 5.32 Å². The Morgan fingerprint density at radius 2 is 2.00 bits per heavy atom. The fraction of sp³-hybridized carbons (Fsp3) is 0.444. The first-order chi connectivity index (χ1) is 10.3. The lowest BCUT2D eigenvalue weighted by molar-refractivity contribution is 0.196. The highest BCUT2D eigenvalue weighted by molar-refractivity contribution is 5.29. The Kier molecular flexibility index (Phi) is 6.03. The van der Waals surface area contributed by atoms with Gasteiger partial charge in [-0.2, -0.15) is 0 Å². The highest BCUT2D eigenvalue weighted by Gasteiger charge is 2.30. The first kappa shape index (κ1) is 15.8. The fourth-order valence-corrected chi connectivity index (χ4v) is 2.80. The van der Waals surface area contributed by atoms with Gasteiger partial charge in [0, 0.05) is 25.6 Å². The lowest BCUT2D eigenvalue weighted by atomic mass is 9.73. The van der Waals surface area contributed by atoms with Gasteiger partial charge in [-0.05, 0) is 30.0 Å². The Morgan fingerprint density at radius 1 is 1.19 bits per heavy atom. The van der Waals surface area contributed by atoms with E-state index in [0.717, 1.165) is 32.5 Å². The molecule has 1 aromatic heterocycles. The number of benzene rings is 1. The highest BCUT2D eigenvalue weighted by Crippen LogP contribution is 2.31. The van der Waals surface area contributed by atoms with E-state index in [1.165, 1.54) is 11.1 Å². The maximum atomic E-state index is 5.24. The largest absolute Gasteiger partial charge is 0.472 e. The minimum absolute atomic E-state index is 0.0822. The molecule has 1 unspecified atom stereocenters. The molecular weight excluding hydrogens is 262 g/mol. The maximum absolute atomic E-state index is 5.24. The summed E-state index contributed by atoms with van der Waals surface area (Å²) in [5.74, 6) is 0. The summed E-state index contributed by atoms with van der Waals surface area (Å²) in [5.41, 5.74) is 2.70. The van der Waals surface area contributed by atoms with Crippen LogP contribution in [0.5, 0.6) is 0 Å². The number of nitrogens with one attached hydrogen (secondary N) is 1. The molecule has 1 heterocycles. The van der Waals surface area contributed by atoms with Crippen molar-refractivity contribution in [2.75, 3.05) is 26.8 Å². The second-order valence-corrected chi connectivity index (χ2v) is 5.48. The number of rotatable bonds is 9. The molecule has 0 aliphatic rings. The van der Waals surface area contributed by atoms with Crippen LogP contribution < -0.4 is 5.32 Å². The van der Waals surface area contributed by atoms with E-state index in [2.05, 4.69) is 48.6 Å². The monoisotopic (exact) mass is 287 g/mol. The molecule has 1 atom stereocenters. The van der Waals surface area contributed by atoms with Gasteiger partial charge in [-0.1, -0.05) is 37.3 Å². The lowest BCUT2D eigenvalue weighted by Crippen LogP contribution is -2.40. The van der Waals surface area contributed by atoms with Crippen molar-refractivity contribution in [3.8, 4) is 0 Å². The van der Waals surface area contributed by atoms with Crippen LogP contribution in [0.1, 0.15) is 24.5 Å². The van der Waals surface area contributed by atoms with Gasteiger partial charge in [-0.25, -0.2) is 0 Å². The average Bonchev–Trinajstić information content (AvgIpc) is 3.04. The quantitative estimate of drug-likeness (QED) is 0.718. The third-order valence-corrected chi connectivity index (χ3v) is 4.13. The van der Waals surface area contributed by atoms with Crippen molar-refractivity contribution in [1.29, 1.82) is 0 Å². The van der Waals surface area contributed by atoms with Gasteiger partial charge in [0.15, 0.2) is 0 Å². The zero-order valence-electron chi connectivity index (χ0n) is 13.0. The van der Waals surface area contributed by atoms with Crippen LogP contribution in [0, 0.1) is 0 Å². The molecule has 0 fully saturated rings. The van der Waals surface area contributed by atoms with Gasteiger partial charge in [-0.15, -0.1) is 0 Å². The van der Waals surface area contributed by atoms with Gasteiger partial charge in [0.05, 0.1) is 19.1 Å². The smallest absolute Gasteiger partial charge is 0.0934 e. The van der Waals surface area contributed by atoms with E-state index in [4.69, 9.17) is 9.15 Å². The first-order valence-electron chi connectivity index (χ1n) is 7.57. The normalized spacial score (nSPS) is 14.0. The molecular formula is C18H25NO2. The van der Waals surface area contributed by atoms with E-state index in [-0.39, 0.29) is 5.41 Å². The average molecular weight is 287 g/mol. The summed E-state index contributed by atoms with van der Waals surface area (Å²) < 4.78 is 10.4. The third kappa shape index (κ3) is 4.19. The Morgan fingerprint density at radius 3 is 2.62 bits per heavy atom. The Bertz CT molecular complexity index is 495. The fourth-order valence-electron chi connectivity index (χ4n) is 2.80. The Balaban J connectivity index is 2.18. The van der Waals surface area contributed by atoms with Crippen molar-refractivity contribution in [3.05, 3.63) is 60.1 Å². The van der Waals surface area contributed by atoms with Crippen LogP contribution in [0.4, 0.5) is 0 Å². The van der Waals surface area contributed by atoms with Crippen LogP contribution in [0.15, 0.2) is 53.3 Å². The van der Waals surface area contributed by atoms with E-state index in [0.29, 0.717) is 0 Å². The zero-order valence-corrected chi connectivity index (χ0v) is 13.0. The van der Waals surface area contributed by atoms with Crippen molar-refractivity contribution >= 4 is 0 Å². The molecule has 1 N–H and O–H groups in total. The minimum Gasteiger partial charge on any atom is -0.472 e. The number of methoxy groups -OCH3 is 1. The molecule has 21 heavy (non-hydrogen) atoms. The molecule has 2 aromatic rings. The van der Waals surface area contributed by atoms with Gasteiger partial charge >= 0.3 is 0 Å². The lowest BCUT2D eigenvalue weighted by Gasteiger charge is -2.34. The molecule has 0 bridgehead atoms. The summed E-state index contributed by atoms with van der Waals surface area (Å²) in [6, 6.07) is 12.8.